The second kappa shape index (κ2) is 6.83. The molecule has 2 N–H and O–H groups in total. The number of nitrogens with one attached hydrogen (secondary N) is 2. The minimum Gasteiger partial charge on any atom is -0.351 e. The second-order valence-electron chi connectivity index (χ2n) is 7.95. The molecule has 2 amide bonds. The fourth-order valence-electron chi connectivity index (χ4n) is 3.84. The van der Waals surface area contributed by atoms with E-state index in [4.69, 9.17) is 0 Å². The van der Waals surface area contributed by atoms with Crippen LogP contribution in [0.25, 0.3) is 0 Å². The Balaban J connectivity index is 1.57. The molecule has 27 heavy (non-hydrogen) atoms. The van der Waals surface area contributed by atoms with Gasteiger partial charge in [0, 0.05) is 38.4 Å². The lowest BCUT2D eigenvalue weighted by Gasteiger charge is -2.19. The number of H-pyrrole nitrogens is 1. The number of likely N-dealkylation sites (tertiary alicyclic amines) is 1. The van der Waals surface area contributed by atoms with Gasteiger partial charge in [0.05, 0.1) is 29.4 Å². The highest BCUT2D eigenvalue weighted by Crippen LogP contribution is 2.32. The van der Waals surface area contributed by atoms with E-state index in [0.717, 1.165) is 24.4 Å². The summed E-state index contributed by atoms with van der Waals surface area (Å²) in [5, 5.41) is 10.2. The molecule has 2 aliphatic rings. The van der Waals surface area contributed by atoms with Gasteiger partial charge in [0.25, 0.3) is 5.91 Å². The number of aromatic amines is 1. The zero-order valence-corrected chi connectivity index (χ0v) is 16.0. The molecule has 0 radical (unpaired) electrons. The molecule has 0 aromatic carbocycles. The number of amides is 2. The second-order valence-corrected chi connectivity index (χ2v) is 7.95. The maximum absolute atomic E-state index is 13.1. The van der Waals surface area contributed by atoms with E-state index in [1.54, 1.807) is 12.4 Å². The average Bonchev–Trinajstić information content (AvgIpc) is 3.03. The molecule has 1 aliphatic heterocycles. The Morgan fingerprint density at radius 3 is 2.70 bits per heavy atom. The van der Waals surface area contributed by atoms with Crippen molar-refractivity contribution in [1.29, 1.82) is 0 Å². The van der Waals surface area contributed by atoms with Crippen molar-refractivity contribution in [3.8, 4) is 0 Å². The SMILES string of the molecule is CC(C)c1[nH]ncc1C(=O)N1C[C@@H](NC(=O)C2CC2)[C@H](c2nccn2C)C1. The summed E-state index contributed by atoms with van der Waals surface area (Å²) in [6, 6.07) is -0.127. The molecule has 1 saturated carbocycles. The lowest BCUT2D eigenvalue weighted by molar-refractivity contribution is -0.123. The summed E-state index contributed by atoms with van der Waals surface area (Å²) in [6.07, 6.45) is 7.17. The minimum atomic E-state index is -0.127. The van der Waals surface area contributed by atoms with Crippen LogP contribution in [0.4, 0.5) is 0 Å². The van der Waals surface area contributed by atoms with Crippen molar-refractivity contribution >= 4 is 11.8 Å². The van der Waals surface area contributed by atoms with Crippen molar-refractivity contribution in [2.24, 2.45) is 13.0 Å². The fourth-order valence-corrected chi connectivity index (χ4v) is 3.84. The van der Waals surface area contributed by atoms with E-state index in [2.05, 4.69) is 20.5 Å². The van der Waals surface area contributed by atoms with E-state index in [-0.39, 0.29) is 35.6 Å². The summed E-state index contributed by atoms with van der Waals surface area (Å²) < 4.78 is 1.96. The van der Waals surface area contributed by atoms with Crippen molar-refractivity contribution in [3.05, 3.63) is 35.7 Å². The quantitative estimate of drug-likeness (QED) is 0.832. The topological polar surface area (TPSA) is 95.9 Å². The molecule has 2 aromatic rings. The van der Waals surface area contributed by atoms with Gasteiger partial charge in [-0.15, -0.1) is 0 Å². The number of hydrogen-bond acceptors (Lipinski definition) is 4. The molecule has 1 saturated heterocycles. The number of rotatable bonds is 5. The average molecular weight is 370 g/mol. The number of carbonyl (C=O) groups is 2. The molecule has 2 atom stereocenters. The van der Waals surface area contributed by atoms with E-state index in [1.165, 1.54) is 0 Å². The third-order valence-corrected chi connectivity index (χ3v) is 5.55. The van der Waals surface area contributed by atoms with Crippen LogP contribution in [0, 0.1) is 5.92 Å². The van der Waals surface area contributed by atoms with Gasteiger partial charge < -0.3 is 14.8 Å². The van der Waals surface area contributed by atoms with E-state index in [9.17, 15) is 9.59 Å². The Morgan fingerprint density at radius 1 is 1.30 bits per heavy atom. The third kappa shape index (κ3) is 3.36. The predicted octanol–water partition coefficient (Wildman–Crippen LogP) is 1.40. The Morgan fingerprint density at radius 2 is 2.07 bits per heavy atom. The van der Waals surface area contributed by atoms with Crippen LogP contribution in [-0.4, -0.2) is 55.6 Å². The highest BCUT2D eigenvalue weighted by molar-refractivity contribution is 5.95. The van der Waals surface area contributed by atoms with Crippen molar-refractivity contribution in [1.82, 2.24) is 30.0 Å². The standard InChI is InChI=1S/C19H26N6O2/c1-11(2)16-13(8-21-23-16)19(27)25-9-14(17-20-6-7-24(17)3)15(10-25)22-18(26)12-4-5-12/h6-8,11-12,14-15H,4-5,9-10H2,1-3H3,(H,21,23)(H,22,26)/t14-,15-/m1/s1. The molecule has 1 aliphatic carbocycles. The number of aromatic nitrogens is 4. The fraction of sp³-hybridized carbons (Fsp3) is 0.579. The predicted molar refractivity (Wildman–Crippen MR) is 99.2 cm³/mol. The molecule has 8 heteroatoms. The van der Waals surface area contributed by atoms with Gasteiger partial charge in [0.15, 0.2) is 0 Å². The van der Waals surface area contributed by atoms with Crippen molar-refractivity contribution in [3.63, 3.8) is 0 Å². The zero-order valence-electron chi connectivity index (χ0n) is 16.0. The highest BCUT2D eigenvalue weighted by Gasteiger charge is 2.41. The van der Waals surface area contributed by atoms with Crippen LogP contribution < -0.4 is 5.32 Å². The first-order valence-corrected chi connectivity index (χ1v) is 9.55. The van der Waals surface area contributed by atoms with Gasteiger partial charge in [-0.05, 0) is 18.8 Å². The first kappa shape index (κ1) is 17.8. The number of carbonyl (C=O) groups excluding carboxylic acids is 2. The van der Waals surface area contributed by atoms with Gasteiger partial charge in [-0.2, -0.15) is 5.10 Å². The van der Waals surface area contributed by atoms with Crippen LogP contribution in [0.5, 0.6) is 0 Å². The van der Waals surface area contributed by atoms with E-state index in [0.29, 0.717) is 18.7 Å². The zero-order chi connectivity index (χ0) is 19.1. The molecule has 3 heterocycles. The minimum absolute atomic E-state index is 0.0222. The third-order valence-electron chi connectivity index (χ3n) is 5.55. The summed E-state index contributed by atoms with van der Waals surface area (Å²) in [5.41, 5.74) is 1.46. The van der Waals surface area contributed by atoms with Crippen LogP contribution in [-0.2, 0) is 11.8 Å². The van der Waals surface area contributed by atoms with Gasteiger partial charge in [-0.1, -0.05) is 13.8 Å². The largest absolute Gasteiger partial charge is 0.351 e. The summed E-state index contributed by atoms with van der Waals surface area (Å²) >= 11 is 0. The first-order chi connectivity index (χ1) is 13.0. The summed E-state index contributed by atoms with van der Waals surface area (Å²) in [6.45, 7) is 5.08. The smallest absolute Gasteiger partial charge is 0.257 e. The van der Waals surface area contributed by atoms with Gasteiger partial charge in [-0.25, -0.2) is 4.98 Å². The van der Waals surface area contributed by atoms with Crippen LogP contribution in [0.1, 0.15) is 60.4 Å². The molecule has 0 spiro atoms. The number of nitrogens with zero attached hydrogens (tertiary/aromatic N) is 4. The molecule has 0 unspecified atom stereocenters. The first-order valence-electron chi connectivity index (χ1n) is 9.55. The monoisotopic (exact) mass is 370 g/mol. The molecular weight excluding hydrogens is 344 g/mol. The maximum Gasteiger partial charge on any atom is 0.257 e. The number of hydrogen-bond donors (Lipinski definition) is 2. The van der Waals surface area contributed by atoms with Gasteiger partial charge in [0.1, 0.15) is 5.82 Å². The van der Waals surface area contributed by atoms with E-state index in [1.807, 2.05) is 36.6 Å². The summed E-state index contributed by atoms with van der Waals surface area (Å²) in [7, 11) is 1.94. The van der Waals surface area contributed by atoms with Crippen LogP contribution >= 0.6 is 0 Å². The molecule has 2 fully saturated rings. The van der Waals surface area contributed by atoms with Crippen LogP contribution in [0.2, 0.25) is 0 Å². The molecule has 8 nitrogen and oxygen atoms in total. The van der Waals surface area contributed by atoms with Gasteiger partial charge >= 0.3 is 0 Å². The Labute approximate surface area is 158 Å². The Kier molecular flexibility index (Phi) is 4.49. The summed E-state index contributed by atoms with van der Waals surface area (Å²) in [4.78, 5) is 31.8. The van der Waals surface area contributed by atoms with Crippen LogP contribution in [0.15, 0.2) is 18.6 Å². The summed E-state index contributed by atoms with van der Waals surface area (Å²) in [5.74, 6) is 1.24. The van der Waals surface area contributed by atoms with Crippen molar-refractivity contribution < 1.29 is 9.59 Å². The van der Waals surface area contributed by atoms with Crippen molar-refractivity contribution in [2.45, 2.75) is 44.6 Å². The number of imidazole rings is 1. The van der Waals surface area contributed by atoms with E-state index < -0.39 is 0 Å². The molecule has 144 valence electrons. The Bertz CT molecular complexity index is 850. The lowest BCUT2D eigenvalue weighted by atomic mass is 10.0. The van der Waals surface area contributed by atoms with Crippen molar-refractivity contribution in [2.75, 3.05) is 13.1 Å². The van der Waals surface area contributed by atoms with E-state index >= 15 is 0 Å². The van der Waals surface area contributed by atoms with Crippen LogP contribution in [0.3, 0.4) is 0 Å². The lowest BCUT2D eigenvalue weighted by Crippen LogP contribution is -2.41. The molecular formula is C19H26N6O2. The number of aryl methyl sites for hydroxylation is 1. The normalized spacial score (nSPS) is 22.4. The van der Waals surface area contributed by atoms with Gasteiger partial charge in [-0.3, -0.25) is 14.7 Å². The molecule has 4 rings (SSSR count). The Hall–Kier alpha value is -2.64. The highest BCUT2D eigenvalue weighted by atomic mass is 16.2. The molecule has 2 aromatic heterocycles. The van der Waals surface area contributed by atoms with Gasteiger partial charge in [0.2, 0.25) is 5.91 Å². The maximum atomic E-state index is 13.1. The molecule has 0 bridgehead atoms.